The van der Waals surface area contributed by atoms with E-state index in [-0.39, 0.29) is 24.1 Å². The molecule has 0 fully saturated rings. The molecule has 0 aliphatic carbocycles. The van der Waals surface area contributed by atoms with E-state index in [2.05, 4.69) is 9.55 Å². The number of hydrogen-bond acceptors (Lipinski definition) is 6. The number of nitrogens with zero attached hydrogens (tertiary/aromatic N) is 2. The van der Waals surface area contributed by atoms with Crippen molar-refractivity contribution in [3.63, 3.8) is 0 Å². The summed E-state index contributed by atoms with van der Waals surface area (Å²) in [6.45, 7) is 8.12. The number of ketones is 1. The number of hydrogen-bond donors (Lipinski definition) is 0. The van der Waals surface area contributed by atoms with Crippen LogP contribution in [0.25, 0.3) is 10.6 Å². The largest absolute Gasteiger partial charge is 0.453 e. The zero-order chi connectivity index (χ0) is 21.8. The molecule has 0 radical (unpaired) electrons. The van der Waals surface area contributed by atoms with E-state index in [1.807, 2.05) is 58.0 Å². The van der Waals surface area contributed by atoms with Crippen LogP contribution in [0, 0.1) is 20.8 Å². The molecule has 1 aromatic carbocycles. The Bertz CT molecular complexity index is 1050. The Morgan fingerprint density at radius 3 is 2.53 bits per heavy atom. The van der Waals surface area contributed by atoms with Crippen molar-refractivity contribution in [1.82, 2.24) is 9.55 Å². The second-order valence-corrected chi connectivity index (χ2v) is 8.22. The highest BCUT2D eigenvalue weighted by atomic mass is 32.1. The van der Waals surface area contributed by atoms with Gasteiger partial charge in [0.2, 0.25) is 5.78 Å². The van der Waals surface area contributed by atoms with Crippen molar-refractivity contribution >= 4 is 23.1 Å². The Morgan fingerprint density at radius 1 is 1.17 bits per heavy atom. The first-order chi connectivity index (χ1) is 14.3. The minimum absolute atomic E-state index is 0.106. The Kier molecular flexibility index (Phi) is 6.84. The van der Waals surface area contributed by atoms with Crippen LogP contribution in [0.15, 0.2) is 35.7 Å². The van der Waals surface area contributed by atoms with E-state index >= 15 is 0 Å². The van der Waals surface area contributed by atoms with E-state index in [9.17, 15) is 9.59 Å². The van der Waals surface area contributed by atoms with Crippen molar-refractivity contribution in [3.8, 4) is 10.6 Å². The smallest absolute Gasteiger partial charge is 0.358 e. The van der Waals surface area contributed by atoms with Gasteiger partial charge in [-0.3, -0.25) is 4.79 Å². The summed E-state index contributed by atoms with van der Waals surface area (Å²) in [4.78, 5) is 29.4. The van der Waals surface area contributed by atoms with Gasteiger partial charge in [-0.25, -0.2) is 9.78 Å². The van der Waals surface area contributed by atoms with Crippen LogP contribution >= 0.6 is 11.3 Å². The van der Waals surface area contributed by atoms with Gasteiger partial charge >= 0.3 is 5.97 Å². The number of thiazole rings is 1. The molecule has 158 valence electrons. The number of carbonyl (C=O) groups is 2. The molecule has 1 atom stereocenters. The van der Waals surface area contributed by atoms with Crippen LogP contribution in [0.5, 0.6) is 0 Å². The quantitative estimate of drug-likeness (QED) is 0.383. The lowest BCUT2D eigenvalue weighted by Gasteiger charge is -2.17. The molecule has 3 rings (SSSR count). The lowest BCUT2D eigenvalue weighted by molar-refractivity contribution is 0.0469. The molecule has 3 aromatic rings. The number of rotatable bonds is 8. The average molecular weight is 427 g/mol. The first kappa shape index (κ1) is 21.9. The van der Waals surface area contributed by atoms with Gasteiger partial charge in [0, 0.05) is 35.0 Å². The molecular weight excluding hydrogens is 400 g/mol. The van der Waals surface area contributed by atoms with Gasteiger partial charge in [-0.05, 0) is 33.8 Å². The fourth-order valence-electron chi connectivity index (χ4n) is 3.53. The fourth-order valence-corrected chi connectivity index (χ4v) is 4.33. The number of Topliss-reactive ketones (excluding diaryl/α,β-unsaturated/α-hetero) is 1. The summed E-state index contributed by atoms with van der Waals surface area (Å²) in [6.07, 6.45) is 0. The zero-order valence-electron chi connectivity index (χ0n) is 17.9. The number of benzene rings is 1. The van der Waals surface area contributed by atoms with Crippen molar-refractivity contribution in [1.29, 1.82) is 0 Å². The predicted molar refractivity (Wildman–Crippen MR) is 117 cm³/mol. The molecule has 0 N–H and O–H groups in total. The third kappa shape index (κ3) is 4.68. The summed E-state index contributed by atoms with van der Waals surface area (Å²) in [5.41, 5.74) is 4.68. The number of carbonyl (C=O) groups excluding carboxylic acids is 2. The molecule has 0 saturated heterocycles. The standard InChI is InChI=1S/C23H26N2O4S/c1-14-6-8-18(9-7-14)22-24-20(13-30-22)23(27)29-12-21(26)19-10-15(2)25(17(19)4)16(3)11-28-5/h6-10,13,16H,11-12H2,1-5H3. The van der Waals surface area contributed by atoms with Crippen molar-refractivity contribution in [2.45, 2.75) is 33.7 Å². The SMILES string of the molecule is COCC(C)n1c(C)cc(C(=O)COC(=O)c2csc(-c3ccc(C)cc3)n2)c1C. The second kappa shape index (κ2) is 9.36. The molecule has 7 heteroatoms. The van der Waals surface area contributed by atoms with Crippen LogP contribution in [-0.4, -0.2) is 41.6 Å². The van der Waals surface area contributed by atoms with Gasteiger partial charge in [-0.1, -0.05) is 29.8 Å². The van der Waals surface area contributed by atoms with E-state index in [4.69, 9.17) is 9.47 Å². The minimum atomic E-state index is -0.598. The Hall–Kier alpha value is -2.77. The van der Waals surface area contributed by atoms with Crippen LogP contribution in [0.1, 0.15) is 50.8 Å². The van der Waals surface area contributed by atoms with Crippen molar-refractivity contribution in [2.24, 2.45) is 0 Å². The summed E-state index contributed by atoms with van der Waals surface area (Å²) in [7, 11) is 1.65. The number of methoxy groups -OCH3 is 1. The van der Waals surface area contributed by atoms with Gasteiger partial charge < -0.3 is 14.0 Å². The van der Waals surface area contributed by atoms with Crippen LogP contribution in [0.4, 0.5) is 0 Å². The lowest BCUT2D eigenvalue weighted by Crippen LogP contribution is -2.17. The third-order valence-corrected chi connectivity index (χ3v) is 5.87. The molecule has 1 unspecified atom stereocenters. The predicted octanol–water partition coefficient (Wildman–Crippen LogP) is 4.78. The van der Waals surface area contributed by atoms with Crippen molar-refractivity contribution < 1.29 is 19.1 Å². The molecule has 0 bridgehead atoms. The van der Waals surface area contributed by atoms with E-state index in [0.717, 1.165) is 27.5 Å². The normalized spacial score (nSPS) is 12.0. The number of ether oxygens (including phenoxy) is 2. The molecule has 30 heavy (non-hydrogen) atoms. The van der Waals surface area contributed by atoms with Gasteiger partial charge in [0.15, 0.2) is 12.3 Å². The van der Waals surface area contributed by atoms with Gasteiger partial charge in [0.05, 0.1) is 12.6 Å². The molecular formula is C23H26N2O4S. The number of aromatic nitrogens is 2. The maximum absolute atomic E-state index is 12.7. The van der Waals surface area contributed by atoms with E-state index < -0.39 is 5.97 Å². The first-order valence-electron chi connectivity index (χ1n) is 9.72. The fraction of sp³-hybridized carbons (Fsp3) is 0.348. The van der Waals surface area contributed by atoms with Crippen LogP contribution in [-0.2, 0) is 9.47 Å². The summed E-state index contributed by atoms with van der Waals surface area (Å²) in [6, 6.07) is 9.86. The molecule has 0 saturated carbocycles. The van der Waals surface area contributed by atoms with Crippen LogP contribution in [0.2, 0.25) is 0 Å². The molecule has 6 nitrogen and oxygen atoms in total. The molecule has 2 aromatic heterocycles. The van der Waals surface area contributed by atoms with Crippen LogP contribution in [0.3, 0.4) is 0 Å². The van der Waals surface area contributed by atoms with E-state index in [1.54, 1.807) is 12.5 Å². The molecule has 2 heterocycles. The van der Waals surface area contributed by atoms with E-state index in [1.165, 1.54) is 11.3 Å². The number of aryl methyl sites for hydroxylation is 2. The van der Waals surface area contributed by atoms with Gasteiger partial charge in [-0.15, -0.1) is 11.3 Å². The zero-order valence-corrected chi connectivity index (χ0v) is 18.7. The van der Waals surface area contributed by atoms with Crippen LogP contribution < -0.4 is 0 Å². The highest BCUT2D eigenvalue weighted by molar-refractivity contribution is 7.13. The van der Waals surface area contributed by atoms with Crippen molar-refractivity contribution in [2.75, 3.05) is 20.3 Å². The Balaban J connectivity index is 1.66. The molecule has 0 spiro atoms. The summed E-state index contributed by atoms with van der Waals surface area (Å²) in [5.74, 6) is -0.833. The maximum Gasteiger partial charge on any atom is 0.358 e. The third-order valence-electron chi connectivity index (χ3n) is 4.98. The van der Waals surface area contributed by atoms with Crippen molar-refractivity contribution in [3.05, 3.63) is 63.9 Å². The highest BCUT2D eigenvalue weighted by Gasteiger charge is 2.21. The maximum atomic E-state index is 12.7. The number of esters is 1. The van der Waals surface area contributed by atoms with Gasteiger partial charge in [0.25, 0.3) is 0 Å². The monoisotopic (exact) mass is 426 g/mol. The Morgan fingerprint density at radius 2 is 1.87 bits per heavy atom. The summed E-state index contributed by atoms with van der Waals surface area (Å²) in [5, 5.41) is 2.39. The topological polar surface area (TPSA) is 70.4 Å². The second-order valence-electron chi connectivity index (χ2n) is 7.36. The van der Waals surface area contributed by atoms with Gasteiger partial charge in [-0.2, -0.15) is 0 Å². The molecule has 0 aliphatic heterocycles. The summed E-state index contributed by atoms with van der Waals surface area (Å²) >= 11 is 1.37. The van der Waals surface area contributed by atoms with E-state index in [0.29, 0.717) is 12.2 Å². The molecule has 0 aliphatic rings. The average Bonchev–Trinajstić information content (AvgIpc) is 3.31. The minimum Gasteiger partial charge on any atom is -0.453 e. The first-order valence-corrected chi connectivity index (χ1v) is 10.6. The lowest BCUT2D eigenvalue weighted by atomic mass is 10.1. The summed E-state index contributed by atoms with van der Waals surface area (Å²) < 4.78 is 12.5. The highest BCUT2D eigenvalue weighted by Crippen LogP contribution is 2.25. The van der Waals surface area contributed by atoms with Gasteiger partial charge in [0.1, 0.15) is 5.01 Å². The molecule has 0 amide bonds. The Labute approximate surface area is 180 Å².